The molecule has 0 aliphatic heterocycles. The number of aryl methyl sites for hydroxylation is 1. The van der Waals surface area contributed by atoms with Crippen LogP contribution in [0.3, 0.4) is 0 Å². The van der Waals surface area contributed by atoms with E-state index in [1.165, 1.54) is 17.3 Å². The fourth-order valence-corrected chi connectivity index (χ4v) is 4.34. The number of hydrogen-bond acceptors (Lipinski definition) is 5. The van der Waals surface area contributed by atoms with Gasteiger partial charge in [0.1, 0.15) is 0 Å². The van der Waals surface area contributed by atoms with E-state index in [0.29, 0.717) is 29.2 Å². The maximum absolute atomic E-state index is 12.6. The number of carbonyl (C=O) groups is 1. The SMILES string of the molecule is CCc1ccc(C(C)NC(=O)CSc2nnc(-c3ccccc3Cl)n2CCCOC)cc1. The minimum atomic E-state index is -0.0627. The molecule has 0 aliphatic rings. The van der Waals surface area contributed by atoms with Gasteiger partial charge in [0.25, 0.3) is 0 Å². The van der Waals surface area contributed by atoms with Crippen LogP contribution in [-0.4, -0.2) is 40.1 Å². The van der Waals surface area contributed by atoms with Gasteiger partial charge in [0, 0.05) is 25.8 Å². The average Bonchev–Trinajstić information content (AvgIpc) is 3.20. The summed E-state index contributed by atoms with van der Waals surface area (Å²) in [6, 6.07) is 15.8. The summed E-state index contributed by atoms with van der Waals surface area (Å²) in [5.41, 5.74) is 3.19. The molecule has 0 radical (unpaired) electrons. The molecule has 0 saturated carbocycles. The van der Waals surface area contributed by atoms with Crippen LogP contribution >= 0.6 is 23.4 Å². The van der Waals surface area contributed by atoms with Crippen molar-refractivity contribution in [1.82, 2.24) is 20.1 Å². The topological polar surface area (TPSA) is 69.0 Å². The van der Waals surface area contributed by atoms with Crippen molar-refractivity contribution >= 4 is 29.3 Å². The summed E-state index contributed by atoms with van der Waals surface area (Å²) >= 11 is 7.76. The second-order valence-electron chi connectivity index (χ2n) is 7.46. The molecule has 0 spiro atoms. The van der Waals surface area contributed by atoms with Gasteiger partial charge in [0.05, 0.1) is 16.8 Å². The number of rotatable bonds is 11. The summed E-state index contributed by atoms with van der Waals surface area (Å²) in [4.78, 5) is 12.6. The Bertz CT molecular complexity index is 1020. The Labute approximate surface area is 198 Å². The lowest BCUT2D eigenvalue weighted by Crippen LogP contribution is -2.28. The van der Waals surface area contributed by atoms with Crippen LogP contribution in [0.4, 0.5) is 0 Å². The van der Waals surface area contributed by atoms with Crippen molar-refractivity contribution in [3.8, 4) is 11.4 Å². The molecule has 170 valence electrons. The van der Waals surface area contributed by atoms with Gasteiger partial charge < -0.3 is 14.6 Å². The zero-order chi connectivity index (χ0) is 22.9. The van der Waals surface area contributed by atoms with Gasteiger partial charge in [-0.05, 0) is 43.0 Å². The first-order chi connectivity index (χ1) is 15.5. The fraction of sp³-hybridized carbons (Fsp3) is 0.375. The molecule has 0 saturated heterocycles. The van der Waals surface area contributed by atoms with Crippen molar-refractivity contribution < 1.29 is 9.53 Å². The molecule has 8 heteroatoms. The molecule has 1 aromatic heterocycles. The van der Waals surface area contributed by atoms with E-state index in [1.807, 2.05) is 35.8 Å². The van der Waals surface area contributed by atoms with E-state index < -0.39 is 0 Å². The van der Waals surface area contributed by atoms with E-state index in [4.69, 9.17) is 16.3 Å². The van der Waals surface area contributed by atoms with Crippen LogP contribution in [0.2, 0.25) is 5.02 Å². The standard InChI is InChI=1S/C24H29ClN4O2S/c1-4-18-10-12-19(13-11-18)17(2)26-22(30)16-32-24-28-27-23(29(24)14-7-15-31-3)20-8-5-6-9-21(20)25/h5-6,8-13,17H,4,7,14-16H2,1-3H3,(H,26,30). The van der Waals surface area contributed by atoms with Crippen molar-refractivity contribution in [3.05, 3.63) is 64.7 Å². The van der Waals surface area contributed by atoms with Crippen molar-refractivity contribution in [2.75, 3.05) is 19.5 Å². The van der Waals surface area contributed by atoms with Crippen LogP contribution in [0, 0.1) is 0 Å². The molecule has 3 aromatic rings. The highest BCUT2D eigenvalue weighted by atomic mass is 35.5. The normalized spacial score (nSPS) is 12.0. The van der Waals surface area contributed by atoms with Gasteiger partial charge in [-0.2, -0.15) is 0 Å². The number of thioether (sulfide) groups is 1. The predicted octanol–water partition coefficient (Wildman–Crippen LogP) is 5.17. The third-order valence-corrected chi connectivity index (χ3v) is 6.46. The lowest BCUT2D eigenvalue weighted by molar-refractivity contribution is -0.119. The third-order valence-electron chi connectivity index (χ3n) is 5.16. The molecule has 0 fully saturated rings. The number of methoxy groups -OCH3 is 1. The molecule has 2 aromatic carbocycles. The molecule has 1 heterocycles. The second-order valence-corrected chi connectivity index (χ2v) is 8.81. The molecular formula is C24H29ClN4O2S. The van der Waals surface area contributed by atoms with Crippen LogP contribution in [0.25, 0.3) is 11.4 Å². The van der Waals surface area contributed by atoms with Crippen LogP contribution < -0.4 is 5.32 Å². The largest absolute Gasteiger partial charge is 0.385 e. The summed E-state index contributed by atoms with van der Waals surface area (Å²) in [7, 11) is 1.68. The maximum atomic E-state index is 12.6. The Balaban J connectivity index is 1.67. The zero-order valence-corrected chi connectivity index (χ0v) is 20.2. The van der Waals surface area contributed by atoms with E-state index in [-0.39, 0.29) is 17.7 Å². The summed E-state index contributed by atoms with van der Waals surface area (Å²) < 4.78 is 7.20. The number of benzene rings is 2. The van der Waals surface area contributed by atoms with Crippen LogP contribution in [-0.2, 0) is 22.5 Å². The van der Waals surface area contributed by atoms with Gasteiger partial charge in [-0.15, -0.1) is 10.2 Å². The molecule has 32 heavy (non-hydrogen) atoms. The molecule has 0 aliphatic carbocycles. The molecule has 0 bridgehead atoms. The van der Waals surface area contributed by atoms with Gasteiger partial charge in [-0.3, -0.25) is 4.79 Å². The van der Waals surface area contributed by atoms with Crippen molar-refractivity contribution in [3.63, 3.8) is 0 Å². The number of hydrogen-bond donors (Lipinski definition) is 1. The number of ether oxygens (including phenoxy) is 1. The lowest BCUT2D eigenvalue weighted by Gasteiger charge is -2.15. The Kier molecular flexibility index (Phi) is 9.14. The highest BCUT2D eigenvalue weighted by molar-refractivity contribution is 7.99. The Hall–Kier alpha value is -2.35. The van der Waals surface area contributed by atoms with E-state index in [2.05, 4.69) is 46.7 Å². The molecule has 3 rings (SSSR count). The quantitative estimate of drug-likeness (QED) is 0.308. The first-order valence-electron chi connectivity index (χ1n) is 10.7. The van der Waals surface area contributed by atoms with Crippen LogP contribution in [0.5, 0.6) is 0 Å². The minimum Gasteiger partial charge on any atom is -0.385 e. The first kappa shape index (κ1) is 24.3. The van der Waals surface area contributed by atoms with Crippen LogP contribution in [0.1, 0.15) is 37.4 Å². The molecule has 1 unspecified atom stereocenters. The van der Waals surface area contributed by atoms with E-state index in [1.54, 1.807) is 7.11 Å². The summed E-state index contributed by atoms with van der Waals surface area (Å²) in [5.74, 6) is 0.897. The molecule has 1 amide bonds. The number of nitrogens with one attached hydrogen (secondary N) is 1. The molecule has 1 N–H and O–H groups in total. The van der Waals surface area contributed by atoms with Gasteiger partial charge in [-0.25, -0.2) is 0 Å². The van der Waals surface area contributed by atoms with Crippen molar-refractivity contribution in [2.24, 2.45) is 0 Å². The predicted molar refractivity (Wildman–Crippen MR) is 130 cm³/mol. The minimum absolute atomic E-state index is 0.0483. The first-order valence-corrected chi connectivity index (χ1v) is 12.1. The average molecular weight is 473 g/mol. The number of nitrogens with zero attached hydrogens (tertiary/aromatic N) is 3. The number of carbonyl (C=O) groups excluding carboxylic acids is 1. The third kappa shape index (κ3) is 6.34. The maximum Gasteiger partial charge on any atom is 0.230 e. The monoisotopic (exact) mass is 472 g/mol. The number of aromatic nitrogens is 3. The van der Waals surface area contributed by atoms with Gasteiger partial charge in [0.15, 0.2) is 11.0 Å². The highest BCUT2D eigenvalue weighted by Gasteiger charge is 2.18. The second kappa shape index (κ2) is 12.0. The lowest BCUT2D eigenvalue weighted by atomic mass is 10.1. The zero-order valence-electron chi connectivity index (χ0n) is 18.7. The van der Waals surface area contributed by atoms with Gasteiger partial charge in [0.2, 0.25) is 5.91 Å². The molecular weight excluding hydrogens is 444 g/mol. The van der Waals surface area contributed by atoms with E-state index in [9.17, 15) is 4.79 Å². The Morgan fingerprint density at radius 2 is 1.94 bits per heavy atom. The summed E-state index contributed by atoms with van der Waals surface area (Å²) in [6.07, 6.45) is 1.80. The van der Waals surface area contributed by atoms with Gasteiger partial charge >= 0.3 is 0 Å². The number of amides is 1. The summed E-state index contributed by atoms with van der Waals surface area (Å²) in [6.45, 7) is 5.42. The van der Waals surface area contributed by atoms with E-state index in [0.717, 1.165) is 24.0 Å². The van der Waals surface area contributed by atoms with Crippen molar-refractivity contribution in [2.45, 2.75) is 44.4 Å². The molecule has 6 nitrogen and oxygen atoms in total. The Morgan fingerprint density at radius 1 is 1.19 bits per heavy atom. The van der Waals surface area contributed by atoms with Gasteiger partial charge in [-0.1, -0.05) is 66.7 Å². The molecule has 1 atom stereocenters. The fourth-order valence-electron chi connectivity index (χ4n) is 3.34. The number of halogens is 1. The smallest absolute Gasteiger partial charge is 0.230 e. The Morgan fingerprint density at radius 3 is 2.62 bits per heavy atom. The highest BCUT2D eigenvalue weighted by Crippen LogP contribution is 2.29. The summed E-state index contributed by atoms with van der Waals surface area (Å²) in [5, 5.41) is 13.1. The van der Waals surface area contributed by atoms with Crippen LogP contribution in [0.15, 0.2) is 53.7 Å². The van der Waals surface area contributed by atoms with E-state index >= 15 is 0 Å². The van der Waals surface area contributed by atoms with Crippen molar-refractivity contribution in [1.29, 1.82) is 0 Å².